The summed E-state index contributed by atoms with van der Waals surface area (Å²) < 4.78 is 69.5. The molecule has 1 aromatic heterocycles. The second-order valence-electron chi connectivity index (χ2n) is 4.93. The molecule has 1 heterocycles. The lowest BCUT2D eigenvalue weighted by atomic mass is 10.2. The summed E-state index contributed by atoms with van der Waals surface area (Å²) >= 11 is 0. The molecule has 0 unspecified atom stereocenters. The van der Waals surface area contributed by atoms with Crippen LogP contribution >= 0.6 is 0 Å². The van der Waals surface area contributed by atoms with Gasteiger partial charge in [0.15, 0.2) is 0 Å². The highest BCUT2D eigenvalue weighted by Crippen LogP contribution is 2.27. The van der Waals surface area contributed by atoms with Crippen molar-refractivity contribution < 1.29 is 35.9 Å². The van der Waals surface area contributed by atoms with Crippen LogP contribution in [0.25, 0.3) is 0 Å². The summed E-state index contributed by atoms with van der Waals surface area (Å²) in [7, 11) is -3.80. The Morgan fingerprint density at radius 3 is 2.23 bits per heavy atom. The molecule has 11 heteroatoms. The third-order valence-electron chi connectivity index (χ3n) is 3.03. The topological polar surface area (TPSA) is 109 Å². The lowest BCUT2D eigenvalue weighted by molar-refractivity contribution is -0.141. The fourth-order valence-electron chi connectivity index (χ4n) is 1.79. The van der Waals surface area contributed by atoms with Crippen LogP contribution in [0.15, 0.2) is 47.5 Å². The van der Waals surface area contributed by atoms with Gasteiger partial charge in [-0.1, -0.05) is 0 Å². The number of carbonyl (C=O) groups excluding carboxylic acids is 1. The number of alkyl halides is 3. The zero-order chi connectivity index (χ0) is 19.4. The molecule has 0 radical (unpaired) electrons. The number of pyridine rings is 1. The zero-order valence-corrected chi connectivity index (χ0v) is 13.9. The van der Waals surface area contributed by atoms with E-state index in [1.165, 1.54) is 24.3 Å². The summed E-state index contributed by atoms with van der Waals surface area (Å²) in [5.74, 6) is -0.524. The Labute approximate surface area is 146 Å². The Bertz CT molecular complexity index is 866. The van der Waals surface area contributed by atoms with Crippen LogP contribution in [0.1, 0.15) is 16.1 Å². The molecule has 0 spiro atoms. The number of rotatable bonds is 6. The molecule has 0 atom stereocenters. The number of halogens is 3. The van der Waals surface area contributed by atoms with Gasteiger partial charge in [0.1, 0.15) is 24.7 Å². The van der Waals surface area contributed by atoms with Crippen LogP contribution in [0, 0.1) is 0 Å². The van der Waals surface area contributed by atoms with Gasteiger partial charge in [0, 0.05) is 6.20 Å². The van der Waals surface area contributed by atoms with Crippen molar-refractivity contribution in [2.24, 2.45) is 5.14 Å². The minimum absolute atomic E-state index is 0.0471. The maximum Gasteiger partial charge on any atom is 0.433 e. The molecule has 1 aromatic carbocycles. The van der Waals surface area contributed by atoms with Crippen molar-refractivity contribution in [1.82, 2.24) is 4.98 Å². The second kappa shape index (κ2) is 7.70. The van der Waals surface area contributed by atoms with E-state index in [1.807, 2.05) is 0 Å². The molecule has 0 amide bonds. The summed E-state index contributed by atoms with van der Waals surface area (Å²) in [5, 5.41) is 4.96. The first-order valence-electron chi connectivity index (χ1n) is 7.03. The van der Waals surface area contributed by atoms with Crippen LogP contribution in [-0.4, -0.2) is 32.6 Å². The molecule has 0 fully saturated rings. The quantitative estimate of drug-likeness (QED) is 0.597. The third kappa shape index (κ3) is 5.43. The number of hydrogen-bond acceptors (Lipinski definition) is 6. The Morgan fingerprint density at radius 2 is 1.73 bits per heavy atom. The first-order chi connectivity index (χ1) is 12.1. The van der Waals surface area contributed by atoms with Gasteiger partial charge in [-0.25, -0.2) is 18.4 Å². The van der Waals surface area contributed by atoms with Gasteiger partial charge < -0.3 is 9.47 Å². The standard InChI is InChI=1S/C15H13F3N2O5S/c16-15(17,18)13-6-1-10(9-20-13)14(21)25-8-7-24-11-2-4-12(5-3-11)26(19,22)23/h1-6,9H,7-8H2,(H2,19,22,23). The van der Waals surface area contributed by atoms with Crippen LogP contribution in [0.4, 0.5) is 13.2 Å². The summed E-state index contributed by atoms with van der Waals surface area (Å²) in [4.78, 5) is 14.8. The molecule has 0 saturated carbocycles. The van der Waals surface area contributed by atoms with Gasteiger partial charge >= 0.3 is 12.1 Å². The molecule has 26 heavy (non-hydrogen) atoms. The lowest BCUT2D eigenvalue weighted by Crippen LogP contribution is -2.14. The Kier molecular flexibility index (Phi) is 5.83. The molecule has 0 aliphatic rings. The SMILES string of the molecule is NS(=O)(=O)c1ccc(OCCOC(=O)c2ccc(C(F)(F)F)nc2)cc1. The predicted octanol–water partition coefficient (Wildman–Crippen LogP) is 1.98. The number of esters is 1. The minimum Gasteiger partial charge on any atom is -0.490 e. The van der Waals surface area contributed by atoms with E-state index in [9.17, 15) is 26.4 Å². The van der Waals surface area contributed by atoms with Crippen molar-refractivity contribution in [1.29, 1.82) is 0 Å². The summed E-state index contributed by atoms with van der Waals surface area (Å²) in [6.45, 7) is -0.217. The van der Waals surface area contributed by atoms with E-state index < -0.39 is 27.9 Å². The molecular formula is C15H13F3N2O5S. The Hall–Kier alpha value is -2.66. The van der Waals surface area contributed by atoms with Crippen LogP contribution < -0.4 is 9.88 Å². The van der Waals surface area contributed by atoms with E-state index in [2.05, 4.69) is 4.98 Å². The van der Waals surface area contributed by atoms with Gasteiger partial charge in [-0.15, -0.1) is 0 Å². The van der Waals surface area contributed by atoms with E-state index in [4.69, 9.17) is 14.6 Å². The molecule has 7 nitrogen and oxygen atoms in total. The number of carbonyl (C=O) groups is 1. The molecule has 0 bridgehead atoms. The van der Waals surface area contributed by atoms with Crippen molar-refractivity contribution in [3.05, 3.63) is 53.9 Å². The summed E-state index contributed by atoms with van der Waals surface area (Å²) in [6.07, 6.45) is -3.81. The van der Waals surface area contributed by atoms with Crippen LogP contribution in [0.5, 0.6) is 5.75 Å². The van der Waals surface area contributed by atoms with Gasteiger partial charge in [0.05, 0.1) is 10.5 Å². The van der Waals surface area contributed by atoms with Gasteiger partial charge in [-0.3, -0.25) is 4.98 Å². The van der Waals surface area contributed by atoms with Crippen molar-refractivity contribution in [3.63, 3.8) is 0 Å². The highest BCUT2D eigenvalue weighted by molar-refractivity contribution is 7.89. The Balaban J connectivity index is 1.81. The van der Waals surface area contributed by atoms with E-state index in [1.54, 1.807) is 0 Å². The molecule has 0 aliphatic heterocycles. The smallest absolute Gasteiger partial charge is 0.433 e. The minimum atomic E-state index is -4.59. The van der Waals surface area contributed by atoms with Crippen molar-refractivity contribution >= 4 is 16.0 Å². The maximum absolute atomic E-state index is 12.4. The molecule has 2 aromatic rings. The third-order valence-corrected chi connectivity index (χ3v) is 3.96. The van der Waals surface area contributed by atoms with E-state index in [-0.39, 0.29) is 23.7 Å². The number of nitrogens with two attached hydrogens (primary N) is 1. The first kappa shape index (κ1) is 19.7. The predicted molar refractivity (Wildman–Crippen MR) is 82.8 cm³/mol. The summed E-state index contributed by atoms with van der Waals surface area (Å²) in [5.41, 5.74) is -1.24. The van der Waals surface area contributed by atoms with Crippen molar-refractivity contribution in [2.45, 2.75) is 11.1 Å². The van der Waals surface area contributed by atoms with E-state index in [0.717, 1.165) is 12.3 Å². The lowest BCUT2D eigenvalue weighted by Gasteiger charge is -2.09. The van der Waals surface area contributed by atoms with Gasteiger partial charge in [-0.05, 0) is 36.4 Å². The number of sulfonamides is 1. The number of benzene rings is 1. The number of primary sulfonamides is 1. The monoisotopic (exact) mass is 390 g/mol. The maximum atomic E-state index is 12.4. The second-order valence-corrected chi connectivity index (χ2v) is 6.49. The number of hydrogen-bond donors (Lipinski definition) is 1. The molecule has 0 saturated heterocycles. The fourth-order valence-corrected chi connectivity index (χ4v) is 2.30. The molecule has 0 aliphatic carbocycles. The van der Waals surface area contributed by atoms with E-state index in [0.29, 0.717) is 11.8 Å². The van der Waals surface area contributed by atoms with Gasteiger partial charge in [-0.2, -0.15) is 13.2 Å². The van der Waals surface area contributed by atoms with Crippen LogP contribution in [0.3, 0.4) is 0 Å². The summed E-state index contributed by atoms with van der Waals surface area (Å²) in [6, 6.07) is 6.91. The highest BCUT2D eigenvalue weighted by atomic mass is 32.2. The molecule has 2 N–H and O–H groups in total. The molecule has 140 valence electrons. The van der Waals surface area contributed by atoms with Crippen LogP contribution in [0.2, 0.25) is 0 Å². The van der Waals surface area contributed by atoms with E-state index >= 15 is 0 Å². The van der Waals surface area contributed by atoms with Crippen molar-refractivity contribution in [2.75, 3.05) is 13.2 Å². The fraction of sp³-hybridized carbons (Fsp3) is 0.200. The van der Waals surface area contributed by atoms with Crippen molar-refractivity contribution in [3.8, 4) is 5.75 Å². The number of aromatic nitrogens is 1. The average molecular weight is 390 g/mol. The van der Waals surface area contributed by atoms with Gasteiger partial charge in [0.2, 0.25) is 10.0 Å². The largest absolute Gasteiger partial charge is 0.490 e. The molecule has 2 rings (SSSR count). The number of ether oxygens (including phenoxy) is 2. The van der Waals surface area contributed by atoms with Gasteiger partial charge in [0.25, 0.3) is 0 Å². The molecular weight excluding hydrogens is 377 g/mol. The highest BCUT2D eigenvalue weighted by Gasteiger charge is 2.32. The first-order valence-corrected chi connectivity index (χ1v) is 8.58. The van der Waals surface area contributed by atoms with Crippen LogP contribution in [-0.2, 0) is 20.9 Å². The Morgan fingerprint density at radius 1 is 1.08 bits per heavy atom. The number of nitrogens with zero attached hydrogens (tertiary/aromatic N) is 1. The average Bonchev–Trinajstić information content (AvgIpc) is 2.57. The normalized spacial score (nSPS) is 11.8. The zero-order valence-electron chi connectivity index (χ0n) is 13.1.